The molecule has 0 aliphatic carbocycles. The molecule has 0 aliphatic heterocycles. The molecule has 1 aromatic rings. The highest BCUT2D eigenvalue weighted by molar-refractivity contribution is 7.09. The number of rotatable bonds is 6. The first kappa shape index (κ1) is 11.1. The van der Waals surface area contributed by atoms with E-state index in [1.807, 2.05) is 5.38 Å². The molecule has 6 heteroatoms. The Balaban J connectivity index is 2.52. The number of thiazole rings is 1. The third-order valence-electron chi connectivity index (χ3n) is 1.64. The van der Waals surface area contributed by atoms with E-state index in [1.54, 1.807) is 13.3 Å². The number of ether oxygens (including phenoxy) is 1. The molecule has 0 radical (unpaired) electrons. The summed E-state index contributed by atoms with van der Waals surface area (Å²) in [7, 11) is 1.60. The molecule has 0 spiro atoms. The zero-order chi connectivity index (χ0) is 10.4. The minimum atomic E-state index is -0.509. The van der Waals surface area contributed by atoms with Gasteiger partial charge in [-0.05, 0) is 0 Å². The van der Waals surface area contributed by atoms with Gasteiger partial charge in [-0.2, -0.15) is 0 Å². The molecule has 1 amide bonds. The molecule has 3 N–H and O–H groups in total. The average molecular weight is 215 g/mol. The quantitative estimate of drug-likeness (QED) is 0.650. The van der Waals surface area contributed by atoms with Crippen LogP contribution >= 0.6 is 11.3 Å². The van der Waals surface area contributed by atoms with Crippen LogP contribution in [0.25, 0.3) is 0 Å². The van der Waals surface area contributed by atoms with Gasteiger partial charge in [0.05, 0.1) is 6.61 Å². The molecular formula is C8H13N3O2S. The number of carbonyl (C=O) groups is 1. The summed E-state index contributed by atoms with van der Waals surface area (Å²) in [5.41, 5.74) is 5.23. The monoisotopic (exact) mass is 215 g/mol. The number of methoxy groups -OCH3 is 1. The van der Waals surface area contributed by atoms with Crippen LogP contribution in [0.15, 0.2) is 11.6 Å². The zero-order valence-electron chi connectivity index (χ0n) is 7.90. The summed E-state index contributed by atoms with van der Waals surface area (Å²) in [6, 6.07) is -0.509. The first-order chi connectivity index (χ1) is 6.75. The van der Waals surface area contributed by atoms with E-state index in [9.17, 15) is 4.79 Å². The number of nitrogens with zero attached hydrogens (tertiary/aromatic N) is 1. The summed E-state index contributed by atoms with van der Waals surface area (Å²) < 4.78 is 4.86. The largest absolute Gasteiger partial charge is 0.383 e. The third-order valence-corrected chi connectivity index (χ3v) is 2.48. The van der Waals surface area contributed by atoms with Gasteiger partial charge >= 0.3 is 0 Å². The normalized spacial score (nSPS) is 12.6. The van der Waals surface area contributed by atoms with E-state index in [4.69, 9.17) is 10.5 Å². The number of aromatic nitrogens is 1. The predicted octanol–water partition coefficient (Wildman–Crippen LogP) is -0.0945. The first-order valence-corrected chi connectivity index (χ1v) is 5.04. The number of nitrogens with one attached hydrogen (secondary N) is 1. The number of hydrogen-bond acceptors (Lipinski definition) is 5. The van der Waals surface area contributed by atoms with Gasteiger partial charge in [-0.1, -0.05) is 0 Å². The van der Waals surface area contributed by atoms with Crippen LogP contribution < -0.4 is 11.1 Å². The molecule has 1 rings (SSSR count). The van der Waals surface area contributed by atoms with Crippen molar-refractivity contribution < 1.29 is 9.53 Å². The Morgan fingerprint density at radius 3 is 3.14 bits per heavy atom. The summed E-state index contributed by atoms with van der Waals surface area (Å²) >= 11 is 1.40. The molecular weight excluding hydrogens is 202 g/mol. The van der Waals surface area contributed by atoms with Gasteiger partial charge in [0.2, 0.25) is 5.91 Å². The SMILES string of the molecule is COCCNC(C(N)=O)c1nccs1. The van der Waals surface area contributed by atoms with Crippen LogP contribution in [-0.2, 0) is 9.53 Å². The lowest BCUT2D eigenvalue weighted by Gasteiger charge is -2.11. The first-order valence-electron chi connectivity index (χ1n) is 4.16. The van der Waals surface area contributed by atoms with E-state index in [-0.39, 0.29) is 0 Å². The van der Waals surface area contributed by atoms with Crippen LogP contribution in [-0.4, -0.2) is 31.2 Å². The lowest BCUT2D eigenvalue weighted by molar-refractivity contribution is -0.120. The number of primary amides is 1. The minimum absolute atomic E-state index is 0.420. The number of carbonyl (C=O) groups excluding carboxylic acids is 1. The second kappa shape index (κ2) is 5.69. The smallest absolute Gasteiger partial charge is 0.241 e. The minimum Gasteiger partial charge on any atom is -0.383 e. The molecule has 0 saturated carbocycles. The summed E-state index contributed by atoms with van der Waals surface area (Å²) in [4.78, 5) is 15.1. The second-order valence-corrected chi connectivity index (χ2v) is 3.58. The maximum Gasteiger partial charge on any atom is 0.241 e. The van der Waals surface area contributed by atoms with Gasteiger partial charge in [0, 0.05) is 25.2 Å². The molecule has 0 fully saturated rings. The molecule has 14 heavy (non-hydrogen) atoms. The van der Waals surface area contributed by atoms with Crippen LogP contribution in [0.1, 0.15) is 11.0 Å². The lowest BCUT2D eigenvalue weighted by Crippen LogP contribution is -2.35. The molecule has 0 bridgehead atoms. The van der Waals surface area contributed by atoms with Crippen molar-refractivity contribution >= 4 is 17.2 Å². The van der Waals surface area contributed by atoms with Crippen molar-refractivity contribution in [1.29, 1.82) is 0 Å². The second-order valence-electron chi connectivity index (χ2n) is 2.65. The van der Waals surface area contributed by atoms with E-state index >= 15 is 0 Å². The fourth-order valence-corrected chi connectivity index (χ4v) is 1.71. The van der Waals surface area contributed by atoms with Crippen molar-refractivity contribution in [2.75, 3.05) is 20.3 Å². The highest BCUT2D eigenvalue weighted by Crippen LogP contribution is 2.14. The predicted molar refractivity (Wildman–Crippen MR) is 53.9 cm³/mol. The van der Waals surface area contributed by atoms with E-state index in [1.165, 1.54) is 11.3 Å². The Morgan fingerprint density at radius 2 is 2.64 bits per heavy atom. The molecule has 1 atom stereocenters. The van der Waals surface area contributed by atoms with Crippen molar-refractivity contribution in [2.24, 2.45) is 5.73 Å². The lowest BCUT2D eigenvalue weighted by atomic mass is 10.3. The van der Waals surface area contributed by atoms with Gasteiger partial charge in [0.15, 0.2) is 0 Å². The maximum atomic E-state index is 11.1. The number of hydrogen-bond donors (Lipinski definition) is 2. The summed E-state index contributed by atoms with van der Waals surface area (Å²) in [6.07, 6.45) is 1.65. The Kier molecular flexibility index (Phi) is 4.51. The fourth-order valence-electron chi connectivity index (χ4n) is 0.992. The topological polar surface area (TPSA) is 77.2 Å². The van der Waals surface area contributed by atoms with Crippen molar-refractivity contribution in [3.8, 4) is 0 Å². The molecule has 1 aromatic heterocycles. The third kappa shape index (κ3) is 3.06. The van der Waals surface area contributed by atoms with E-state index in [0.717, 1.165) is 0 Å². The molecule has 0 aromatic carbocycles. The van der Waals surface area contributed by atoms with E-state index < -0.39 is 11.9 Å². The maximum absolute atomic E-state index is 11.1. The molecule has 78 valence electrons. The van der Waals surface area contributed by atoms with Crippen LogP contribution in [0, 0.1) is 0 Å². The van der Waals surface area contributed by atoms with Gasteiger partial charge in [0.25, 0.3) is 0 Å². The molecule has 5 nitrogen and oxygen atoms in total. The average Bonchev–Trinajstić information content (AvgIpc) is 2.64. The van der Waals surface area contributed by atoms with Gasteiger partial charge in [-0.15, -0.1) is 11.3 Å². The van der Waals surface area contributed by atoms with Crippen LogP contribution in [0.4, 0.5) is 0 Å². The summed E-state index contributed by atoms with van der Waals surface area (Å²) in [5, 5.41) is 5.47. The van der Waals surface area contributed by atoms with E-state index in [2.05, 4.69) is 10.3 Å². The van der Waals surface area contributed by atoms with Crippen molar-refractivity contribution in [3.63, 3.8) is 0 Å². The van der Waals surface area contributed by atoms with Gasteiger partial charge in [-0.3, -0.25) is 10.1 Å². The van der Waals surface area contributed by atoms with Gasteiger partial charge in [-0.25, -0.2) is 4.98 Å². The van der Waals surface area contributed by atoms with Crippen LogP contribution in [0.2, 0.25) is 0 Å². The zero-order valence-corrected chi connectivity index (χ0v) is 8.71. The van der Waals surface area contributed by atoms with Crippen LogP contribution in [0.5, 0.6) is 0 Å². The van der Waals surface area contributed by atoms with E-state index in [0.29, 0.717) is 18.2 Å². The van der Waals surface area contributed by atoms with Crippen molar-refractivity contribution in [1.82, 2.24) is 10.3 Å². The van der Waals surface area contributed by atoms with Gasteiger partial charge in [0.1, 0.15) is 11.0 Å². The summed E-state index contributed by atoms with van der Waals surface area (Å²) in [5.74, 6) is -0.420. The Bertz CT molecular complexity index is 276. The molecule has 0 saturated heterocycles. The van der Waals surface area contributed by atoms with Crippen LogP contribution in [0.3, 0.4) is 0 Å². The highest BCUT2D eigenvalue weighted by Gasteiger charge is 2.18. The Labute approximate surface area is 86.3 Å². The number of nitrogens with two attached hydrogens (primary N) is 1. The molecule has 0 aliphatic rings. The Hall–Kier alpha value is -0.980. The molecule has 1 heterocycles. The number of amides is 1. The van der Waals surface area contributed by atoms with Crippen molar-refractivity contribution in [2.45, 2.75) is 6.04 Å². The standard InChI is InChI=1S/C8H13N3O2S/c1-13-4-2-10-6(7(9)12)8-11-3-5-14-8/h3,5-6,10H,2,4H2,1H3,(H2,9,12). The molecule has 1 unspecified atom stereocenters. The highest BCUT2D eigenvalue weighted by atomic mass is 32.1. The Morgan fingerprint density at radius 1 is 1.86 bits per heavy atom. The van der Waals surface area contributed by atoms with Gasteiger partial charge < -0.3 is 10.5 Å². The fraction of sp³-hybridized carbons (Fsp3) is 0.500. The van der Waals surface area contributed by atoms with Crippen molar-refractivity contribution in [3.05, 3.63) is 16.6 Å². The summed E-state index contributed by atoms with van der Waals surface area (Å²) in [6.45, 7) is 1.11.